The van der Waals surface area contributed by atoms with Crippen LogP contribution in [0.5, 0.6) is 0 Å². The number of hydrogen-bond donors (Lipinski definition) is 4. The van der Waals surface area contributed by atoms with Crippen molar-refractivity contribution in [3.05, 3.63) is 0 Å². The van der Waals surface area contributed by atoms with Crippen molar-refractivity contribution in [3.63, 3.8) is 0 Å². The summed E-state index contributed by atoms with van der Waals surface area (Å²) in [7, 11) is 0. The molecule has 0 spiro atoms. The zero-order valence-corrected chi connectivity index (χ0v) is 9.48. The Morgan fingerprint density at radius 3 is 2.44 bits per heavy atom. The molecule has 0 aliphatic rings. The van der Waals surface area contributed by atoms with Crippen molar-refractivity contribution < 1.29 is 19.8 Å². The van der Waals surface area contributed by atoms with Gasteiger partial charge in [-0.05, 0) is 12.5 Å². The molecule has 1 unspecified atom stereocenters. The lowest BCUT2D eigenvalue weighted by atomic mass is 10.0. The molecule has 0 aromatic rings. The third-order valence-electron chi connectivity index (χ3n) is 2.44. The lowest BCUT2D eigenvalue weighted by Gasteiger charge is -2.16. The van der Waals surface area contributed by atoms with Crippen molar-refractivity contribution in [2.24, 2.45) is 11.7 Å². The van der Waals surface area contributed by atoms with Crippen LogP contribution >= 0.6 is 0 Å². The number of carbonyl (C=O) groups excluding carboxylic acids is 1. The molecular formula is C10H20N2O4. The standard InChI is InChI=1S/C10H20N2O4/c1-2-7(6-11)5-9(14)12-8(3-4-13)10(15)16/h7-8,13H,2-6,11H2,1H3,(H,12,14)(H,15,16)/t7?,8-/m1/s1. The number of aliphatic hydroxyl groups is 1. The van der Waals surface area contributed by atoms with Gasteiger partial charge in [-0.1, -0.05) is 13.3 Å². The largest absolute Gasteiger partial charge is 0.480 e. The first-order valence-corrected chi connectivity index (χ1v) is 5.38. The molecule has 0 rings (SSSR count). The number of amides is 1. The first-order valence-electron chi connectivity index (χ1n) is 5.38. The van der Waals surface area contributed by atoms with Gasteiger partial charge in [-0.2, -0.15) is 0 Å². The molecular weight excluding hydrogens is 212 g/mol. The number of carbonyl (C=O) groups is 2. The first kappa shape index (κ1) is 14.9. The van der Waals surface area contributed by atoms with Gasteiger partial charge in [0.25, 0.3) is 0 Å². The number of rotatable bonds is 8. The maximum absolute atomic E-state index is 11.4. The third kappa shape index (κ3) is 5.67. The minimum Gasteiger partial charge on any atom is -0.480 e. The van der Waals surface area contributed by atoms with E-state index in [2.05, 4.69) is 5.32 Å². The highest BCUT2D eigenvalue weighted by atomic mass is 16.4. The number of aliphatic hydroxyl groups excluding tert-OH is 1. The van der Waals surface area contributed by atoms with Crippen molar-refractivity contribution in [1.82, 2.24) is 5.32 Å². The number of carboxylic acid groups (broad SMARTS) is 1. The van der Waals surface area contributed by atoms with Crippen LogP contribution in [0.1, 0.15) is 26.2 Å². The van der Waals surface area contributed by atoms with Crippen molar-refractivity contribution in [1.29, 1.82) is 0 Å². The summed E-state index contributed by atoms with van der Waals surface area (Å²) in [5.41, 5.74) is 5.44. The first-order chi connectivity index (χ1) is 7.54. The predicted molar refractivity (Wildman–Crippen MR) is 58.7 cm³/mol. The van der Waals surface area contributed by atoms with Gasteiger partial charge in [0.1, 0.15) is 6.04 Å². The third-order valence-corrected chi connectivity index (χ3v) is 2.44. The van der Waals surface area contributed by atoms with E-state index in [1.54, 1.807) is 0 Å². The van der Waals surface area contributed by atoms with Gasteiger partial charge in [0, 0.05) is 19.4 Å². The SMILES string of the molecule is CCC(CN)CC(=O)N[C@H](CCO)C(=O)O. The molecule has 0 aromatic carbocycles. The van der Waals surface area contributed by atoms with Crippen molar-refractivity contribution >= 4 is 11.9 Å². The maximum atomic E-state index is 11.4. The summed E-state index contributed by atoms with van der Waals surface area (Å²) in [6.45, 7) is 2.06. The minimum atomic E-state index is -1.14. The fraction of sp³-hybridized carbons (Fsp3) is 0.800. The quantitative estimate of drug-likeness (QED) is 0.442. The van der Waals surface area contributed by atoms with Crippen LogP contribution in [0, 0.1) is 5.92 Å². The Balaban J connectivity index is 4.13. The average molecular weight is 232 g/mol. The van der Waals surface area contributed by atoms with Crippen LogP contribution in [0.15, 0.2) is 0 Å². The zero-order chi connectivity index (χ0) is 12.6. The normalized spacial score (nSPS) is 14.2. The molecule has 0 fully saturated rings. The second kappa shape index (κ2) is 8.06. The second-order valence-corrected chi connectivity index (χ2v) is 3.68. The molecule has 1 amide bonds. The molecule has 94 valence electrons. The second-order valence-electron chi connectivity index (χ2n) is 3.68. The van der Waals surface area contributed by atoms with Crippen LogP contribution in [0.25, 0.3) is 0 Å². The molecule has 6 heteroatoms. The Morgan fingerprint density at radius 1 is 1.44 bits per heavy atom. The number of aliphatic carboxylic acids is 1. The fourth-order valence-corrected chi connectivity index (χ4v) is 1.30. The van der Waals surface area contributed by atoms with Crippen LogP contribution in [-0.4, -0.2) is 41.3 Å². The summed E-state index contributed by atoms with van der Waals surface area (Å²) in [4.78, 5) is 22.1. The van der Waals surface area contributed by atoms with E-state index in [1.807, 2.05) is 6.92 Å². The van der Waals surface area contributed by atoms with Gasteiger partial charge in [0.05, 0.1) is 0 Å². The Labute approximate surface area is 94.8 Å². The predicted octanol–water partition coefficient (Wildman–Crippen LogP) is -0.687. The fourth-order valence-electron chi connectivity index (χ4n) is 1.30. The van der Waals surface area contributed by atoms with E-state index in [-0.39, 0.29) is 31.3 Å². The average Bonchev–Trinajstić information content (AvgIpc) is 2.25. The Hall–Kier alpha value is -1.14. The Kier molecular flexibility index (Phi) is 7.49. The van der Waals surface area contributed by atoms with Gasteiger partial charge in [-0.3, -0.25) is 4.79 Å². The summed E-state index contributed by atoms with van der Waals surface area (Å²) in [6, 6.07) is -1.02. The lowest BCUT2D eigenvalue weighted by molar-refractivity contribution is -0.142. The molecule has 0 aliphatic carbocycles. The van der Waals surface area contributed by atoms with E-state index in [9.17, 15) is 9.59 Å². The Bertz CT molecular complexity index is 229. The lowest BCUT2D eigenvalue weighted by Crippen LogP contribution is -2.42. The molecule has 0 bridgehead atoms. The van der Waals surface area contributed by atoms with E-state index in [0.29, 0.717) is 6.54 Å². The molecule has 0 saturated carbocycles. The van der Waals surface area contributed by atoms with Crippen LogP contribution in [0.3, 0.4) is 0 Å². The van der Waals surface area contributed by atoms with Gasteiger partial charge in [-0.15, -0.1) is 0 Å². The highest BCUT2D eigenvalue weighted by Crippen LogP contribution is 2.06. The van der Waals surface area contributed by atoms with Gasteiger partial charge in [0.2, 0.25) is 5.91 Å². The molecule has 0 aliphatic heterocycles. The summed E-state index contributed by atoms with van der Waals surface area (Å²) in [5, 5.41) is 19.8. The highest BCUT2D eigenvalue weighted by molar-refractivity contribution is 5.83. The van der Waals surface area contributed by atoms with Gasteiger partial charge < -0.3 is 21.3 Å². The molecule has 6 nitrogen and oxygen atoms in total. The topological polar surface area (TPSA) is 113 Å². The highest BCUT2D eigenvalue weighted by Gasteiger charge is 2.20. The van der Waals surface area contributed by atoms with Crippen LogP contribution < -0.4 is 11.1 Å². The van der Waals surface area contributed by atoms with Crippen LogP contribution in [0.2, 0.25) is 0 Å². The van der Waals surface area contributed by atoms with Gasteiger partial charge in [-0.25, -0.2) is 4.79 Å². The van der Waals surface area contributed by atoms with Gasteiger partial charge in [0.15, 0.2) is 0 Å². The minimum absolute atomic E-state index is 0.0144. The van der Waals surface area contributed by atoms with E-state index in [1.165, 1.54) is 0 Å². The maximum Gasteiger partial charge on any atom is 0.326 e. The van der Waals surface area contributed by atoms with E-state index >= 15 is 0 Å². The van der Waals surface area contributed by atoms with Crippen molar-refractivity contribution in [2.75, 3.05) is 13.2 Å². The summed E-state index contributed by atoms with van der Waals surface area (Å²) < 4.78 is 0. The molecule has 0 aromatic heterocycles. The molecule has 2 atom stereocenters. The van der Waals surface area contributed by atoms with Crippen molar-refractivity contribution in [3.8, 4) is 0 Å². The smallest absolute Gasteiger partial charge is 0.326 e. The van der Waals surface area contributed by atoms with E-state index in [4.69, 9.17) is 15.9 Å². The number of nitrogens with one attached hydrogen (secondary N) is 1. The number of hydrogen-bond acceptors (Lipinski definition) is 4. The Morgan fingerprint density at radius 2 is 2.06 bits per heavy atom. The van der Waals surface area contributed by atoms with Crippen LogP contribution in [-0.2, 0) is 9.59 Å². The monoisotopic (exact) mass is 232 g/mol. The van der Waals surface area contributed by atoms with Crippen LogP contribution in [0.4, 0.5) is 0 Å². The molecule has 5 N–H and O–H groups in total. The zero-order valence-electron chi connectivity index (χ0n) is 9.48. The summed E-state index contributed by atoms with van der Waals surface area (Å²) in [5.74, 6) is -1.40. The van der Waals surface area contributed by atoms with Gasteiger partial charge >= 0.3 is 5.97 Å². The molecule has 0 radical (unpaired) electrons. The van der Waals surface area contributed by atoms with E-state index < -0.39 is 12.0 Å². The summed E-state index contributed by atoms with van der Waals surface area (Å²) in [6.07, 6.45) is 1.02. The summed E-state index contributed by atoms with van der Waals surface area (Å²) >= 11 is 0. The molecule has 16 heavy (non-hydrogen) atoms. The molecule has 0 heterocycles. The molecule has 0 saturated heterocycles. The van der Waals surface area contributed by atoms with E-state index in [0.717, 1.165) is 6.42 Å². The van der Waals surface area contributed by atoms with Crippen molar-refractivity contribution in [2.45, 2.75) is 32.2 Å². The number of nitrogens with two attached hydrogens (primary N) is 1. The number of carboxylic acids is 1.